The van der Waals surface area contributed by atoms with Gasteiger partial charge in [-0.2, -0.15) is 0 Å². The first-order chi connectivity index (χ1) is 11.0. The van der Waals surface area contributed by atoms with E-state index < -0.39 is 12.1 Å². The lowest BCUT2D eigenvalue weighted by Crippen LogP contribution is -2.36. The lowest BCUT2D eigenvalue weighted by molar-refractivity contribution is -0.150. The summed E-state index contributed by atoms with van der Waals surface area (Å²) in [6.07, 6.45) is 3.93. The van der Waals surface area contributed by atoms with Crippen molar-refractivity contribution in [2.75, 3.05) is 6.79 Å². The molecule has 7 heteroatoms. The maximum atomic E-state index is 11.8. The predicted molar refractivity (Wildman–Crippen MR) is 83.3 cm³/mol. The number of ether oxygens (including phenoxy) is 3. The Bertz CT molecular complexity index is 669. The molecule has 1 aromatic rings. The summed E-state index contributed by atoms with van der Waals surface area (Å²) in [7, 11) is 0. The minimum Gasteiger partial charge on any atom is -0.454 e. The fraction of sp³-hybridized carbons (Fsp3) is 0.375. The summed E-state index contributed by atoms with van der Waals surface area (Å²) in [5.74, 6) is 0.150. The average Bonchev–Trinajstić information content (AvgIpc) is 3.19. The molecular weight excluding hydrogens is 322 g/mol. The lowest BCUT2D eigenvalue weighted by Gasteiger charge is -2.11. The van der Waals surface area contributed by atoms with Gasteiger partial charge in [-0.15, -0.1) is 0 Å². The van der Waals surface area contributed by atoms with Gasteiger partial charge in [0.15, 0.2) is 17.6 Å². The Morgan fingerprint density at radius 2 is 2.17 bits per heavy atom. The largest absolute Gasteiger partial charge is 0.454 e. The number of nitrogens with one attached hydrogen (secondary N) is 1. The van der Waals surface area contributed by atoms with Gasteiger partial charge in [0.25, 0.3) is 5.91 Å². The highest BCUT2D eigenvalue weighted by atomic mass is 35.5. The van der Waals surface area contributed by atoms with E-state index in [1.54, 1.807) is 25.1 Å². The van der Waals surface area contributed by atoms with Gasteiger partial charge in [0.2, 0.25) is 6.79 Å². The second-order valence-electron chi connectivity index (χ2n) is 5.43. The first-order valence-electron chi connectivity index (χ1n) is 7.31. The molecule has 1 amide bonds. The number of carbonyl (C=O) groups is 2. The van der Waals surface area contributed by atoms with Gasteiger partial charge in [0, 0.05) is 12.1 Å². The predicted octanol–water partition coefficient (Wildman–Crippen LogP) is 2.29. The quantitative estimate of drug-likeness (QED) is 0.659. The van der Waals surface area contributed by atoms with Crippen LogP contribution in [0.25, 0.3) is 6.08 Å². The Labute approximate surface area is 138 Å². The zero-order valence-electron chi connectivity index (χ0n) is 12.5. The molecule has 3 rings (SSSR count). The van der Waals surface area contributed by atoms with Crippen molar-refractivity contribution in [2.24, 2.45) is 0 Å². The van der Waals surface area contributed by atoms with E-state index in [4.69, 9.17) is 25.8 Å². The number of benzene rings is 1. The number of rotatable bonds is 5. The maximum absolute atomic E-state index is 11.8. The fourth-order valence-corrected chi connectivity index (χ4v) is 2.33. The van der Waals surface area contributed by atoms with E-state index in [0.29, 0.717) is 22.1 Å². The van der Waals surface area contributed by atoms with Gasteiger partial charge < -0.3 is 19.5 Å². The molecule has 1 fully saturated rings. The van der Waals surface area contributed by atoms with Crippen LogP contribution in [0, 0.1) is 0 Å². The van der Waals surface area contributed by atoms with Gasteiger partial charge in [-0.1, -0.05) is 11.6 Å². The maximum Gasteiger partial charge on any atom is 0.331 e. The van der Waals surface area contributed by atoms with Crippen LogP contribution in [0.1, 0.15) is 25.3 Å². The molecule has 2 aliphatic rings. The SMILES string of the molecule is C[C@@H](OC(=O)/C=C/c1cc(Cl)c2c(c1)OCO2)C(=O)NC1CC1. The molecule has 1 aliphatic heterocycles. The van der Waals surface area contributed by atoms with Crippen LogP contribution in [0.3, 0.4) is 0 Å². The minimum atomic E-state index is -0.826. The van der Waals surface area contributed by atoms with Gasteiger partial charge in [-0.3, -0.25) is 4.79 Å². The summed E-state index contributed by atoms with van der Waals surface area (Å²) >= 11 is 6.06. The number of esters is 1. The summed E-state index contributed by atoms with van der Waals surface area (Å²) in [5, 5.41) is 3.19. The van der Waals surface area contributed by atoms with Crippen molar-refractivity contribution >= 4 is 29.6 Å². The average molecular weight is 338 g/mol. The molecular formula is C16H16ClNO5. The van der Waals surface area contributed by atoms with E-state index in [1.807, 2.05) is 0 Å². The van der Waals surface area contributed by atoms with E-state index in [9.17, 15) is 9.59 Å². The van der Waals surface area contributed by atoms with Crippen LogP contribution in [-0.2, 0) is 14.3 Å². The standard InChI is InChI=1S/C16H16ClNO5/c1-9(16(20)18-11-3-4-11)23-14(19)5-2-10-6-12(17)15-13(7-10)21-8-22-15/h2,5-7,9,11H,3-4,8H2,1H3,(H,18,20)/b5-2+/t9-/m1/s1. The molecule has 1 aliphatic carbocycles. The zero-order chi connectivity index (χ0) is 16.4. The number of amides is 1. The first-order valence-corrected chi connectivity index (χ1v) is 7.69. The van der Waals surface area contributed by atoms with Crippen LogP contribution < -0.4 is 14.8 Å². The highest BCUT2D eigenvalue weighted by Crippen LogP contribution is 2.40. The summed E-state index contributed by atoms with van der Waals surface area (Å²) in [4.78, 5) is 23.5. The number of hydrogen-bond donors (Lipinski definition) is 1. The summed E-state index contributed by atoms with van der Waals surface area (Å²) < 4.78 is 15.5. The van der Waals surface area contributed by atoms with Crippen molar-refractivity contribution in [2.45, 2.75) is 31.9 Å². The Balaban J connectivity index is 1.57. The van der Waals surface area contributed by atoms with E-state index in [0.717, 1.165) is 12.8 Å². The van der Waals surface area contributed by atoms with Crippen LogP contribution in [0.15, 0.2) is 18.2 Å². The third-order valence-corrected chi connectivity index (χ3v) is 3.73. The number of carbonyl (C=O) groups excluding carboxylic acids is 2. The molecule has 0 unspecified atom stereocenters. The van der Waals surface area contributed by atoms with E-state index >= 15 is 0 Å². The summed E-state index contributed by atoms with van der Waals surface area (Å²) in [6, 6.07) is 3.60. The van der Waals surface area contributed by atoms with Crippen molar-refractivity contribution in [1.29, 1.82) is 0 Å². The molecule has 1 heterocycles. The number of halogens is 1. The second-order valence-corrected chi connectivity index (χ2v) is 5.84. The van der Waals surface area contributed by atoms with Gasteiger partial charge >= 0.3 is 5.97 Å². The molecule has 0 saturated heterocycles. The molecule has 1 N–H and O–H groups in total. The Kier molecular flexibility index (Phi) is 4.43. The van der Waals surface area contributed by atoms with E-state index in [2.05, 4.69) is 5.32 Å². The van der Waals surface area contributed by atoms with Crippen LogP contribution in [0.5, 0.6) is 11.5 Å². The molecule has 0 aromatic heterocycles. The van der Waals surface area contributed by atoms with Crippen LogP contribution in [0.4, 0.5) is 0 Å². The normalized spacial score (nSPS) is 17.1. The second kappa shape index (κ2) is 6.50. The molecule has 1 saturated carbocycles. The molecule has 1 atom stereocenters. The third kappa shape index (κ3) is 3.96. The monoisotopic (exact) mass is 337 g/mol. The van der Waals surface area contributed by atoms with E-state index in [-0.39, 0.29) is 18.7 Å². The minimum absolute atomic E-state index is 0.123. The van der Waals surface area contributed by atoms with Crippen molar-refractivity contribution in [1.82, 2.24) is 5.32 Å². The molecule has 23 heavy (non-hydrogen) atoms. The smallest absolute Gasteiger partial charge is 0.331 e. The van der Waals surface area contributed by atoms with Crippen molar-refractivity contribution in [3.8, 4) is 11.5 Å². The zero-order valence-corrected chi connectivity index (χ0v) is 13.3. The van der Waals surface area contributed by atoms with Crippen molar-refractivity contribution in [3.63, 3.8) is 0 Å². The third-order valence-electron chi connectivity index (χ3n) is 3.45. The Hall–Kier alpha value is -2.21. The van der Waals surface area contributed by atoms with Crippen LogP contribution >= 0.6 is 11.6 Å². The Morgan fingerprint density at radius 1 is 1.39 bits per heavy atom. The number of hydrogen-bond acceptors (Lipinski definition) is 5. The summed E-state index contributed by atoms with van der Waals surface area (Å²) in [5.41, 5.74) is 0.672. The molecule has 1 aromatic carbocycles. The van der Waals surface area contributed by atoms with Gasteiger partial charge in [0.1, 0.15) is 0 Å². The van der Waals surface area contributed by atoms with Crippen LogP contribution in [0.2, 0.25) is 5.02 Å². The molecule has 0 bridgehead atoms. The van der Waals surface area contributed by atoms with Crippen LogP contribution in [-0.4, -0.2) is 30.8 Å². The fourth-order valence-electron chi connectivity index (χ4n) is 2.06. The molecule has 0 spiro atoms. The van der Waals surface area contributed by atoms with Crippen molar-refractivity contribution in [3.05, 3.63) is 28.8 Å². The first kappa shape index (κ1) is 15.7. The molecule has 6 nitrogen and oxygen atoms in total. The van der Waals surface area contributed by atoms with Gasteiger partial charge in [-0.05, 0) is 43.5 Å². The molecule has 0 radical (unpaired) electrons. The Morgan fingerprint density at radius 3 is 2.91 bits per heavy atom. The topological polar surface area (TPSA) is 73.9 Å². The van der Waals surface area contributed by atoms with Crippen molar-refractivity contribution < 1.29 is 23.8 Å². The molecule has 122 valence electrons. The van der Waals surface area contributed by atoms with E-state index in [1.165, 1.54) is 6.08 Å². The van der Waals surface area contributed by atoms with Gasteiger partial charge in [0.05, 0.1) is 5.02 Å². The number of fused-ring (bicyclic) bond motifs is 1. The summed E-state index contributed by atoms with van der Waals surface area (Å²) in [6.45, 7) is 1.67. The lowest BCUT2D eigenvalue weighted by atomic mass is 10.2. The van der Waals surface area contributed by atoms with Gasteiger partial charge in [-0.25, -0.2) is 4.79 Å². The highest BCUT2D eigenvalue weighted by Gasteiger charge is 2.26. The highest BCUT2D eigenvalue weighted by molar-refractivity contribution is 6.32.